The fraction of sp³-hybridized carbons (Fsp3) is 0.250. The lowest BCUT2D eigenvalue weighted by Gasteiger charge is -1.99. The third-order valence-electron chi connectivity index (χ3n) is 1.76. The maximum absolute atomic E-state index is 9.87. The van der Waals surface area contributed by atoms with E-state index < -0.39 is 15.6 Å². The summed E-state index contributed by atoms with van der Waals surface area (Å²) in [5, 5.41) is 8.36. The average molecular weight is 286 g/mol. The van der Waals surface area contributed by atoms with Crippen LogP contribution in [0, 0.1) is 0 Å². The van der Waals surface area contributed by atoms with Crippen molar-refractivity contribution in [2.24, 2.45) is 0 Å². The third-order valence-corrected chi connectivity index (χ3v) is 2.78. The fourth-order valence-corrected chi connectivity index (χ4v) is 1.22. The molecule has 0 bridgehead atoms. The molecule has 1 atom stereocenters. The highest BCUT2D eigenvalue weighted by atomic mass is 32.2. The van der Waals surface area contributed by atoms with Gasteiger partial charge in [-0.05, 0) is 30.7 Å². The number of aromatic amines is 1. The molecule has 0 aliphatic carbocycles. The lowest BCUT2D eigenvalue weighted by atomic mass is 10.5. The van der Waals surface area contributed by atoms with Crippen molar-refractivity contribution in [3.63, 3.8) is 0 Å². The van der Waals surface area contributed by atoms with Crippen LogP contribution in [-0.4, -0.2) is 33.5 Å². The van der Waals surface area contributed by atoms with Gasteiger partial charge in [0.1, 0.15) is 0 Å². The number of hydrogen-bond donors (Lipinski definition) is 3. The maximum atomic E-state index is 9.87. The van der Waals surface area contributed by atoms with Gasteiger partial charge in [-0.15, -0.1) is 0 Å². The van der Waals surface area contributed by atoms with E-state index >= 15 is 0 Å². The minimum absolute atomic E-state index is 0.0127. The molecule has 2 heterocycles. The molecule has 2 aromatic rings. The van der Waals surface area contributed by atoms with E-state index in [-0.39, 0.29) is 6.42 Å². The van der Waals surface area contributed by atoms with Crippen molar-refractivity contribution in [2.75, 3.05) is 0 Å². The van der Waals surface area contributed by atoms with Gasteiger partial charge in [-0.1, -0.05) is 13.0 Å². The number of nitrogens with zero attached hydrogens (tertiary/aromatic N) is 1. The smallest absolute Gasteiger partial charge is 0.291 e. The Hall–Kier alpha value is -1.70. The zero-order valence-electron chi connectivity index (χ0n) is 10.5. The monoisotopic (exact) mass is 286 g/mol. The van der Waals surface area contributed by atoms with Crippen LogP contribution >= 0.6 is 0 Å². The molecule has 106 valence electrons. The van der Waals surface area contributed by atoms with Gasteiger partial charge in [-0.25, -0.2) is 0 Å². The molecule has 1 unspecified atom stereocenters. The third kappa shape index (κ3) is 11.1. The van der Waals surface area contributed by atoms with Crippen molar-refractivity contribution in [3.05, 3.63) is 55.1 Å². The number of aliphatic hydroxyl groups is 1. The van der Waals surface area contributed by atoms with E-state index in [2.05, 4.69) is 9.97 Å². The lowest BCUT2D eigenvalue weighted by molar-refractivity contribution is 0.229. The highest BCUT2D eigenvalue weighted by molar-refractivity contribution is 7.86. The first-order valence-corrected chi connectivity index (χ1v) is 7.06. The van der Waals surface area contributed by atoms with E-state index in [1.807, 2.05) is 42.7 Å². The van der Waals surface area contributed by atoms with Crippen molar-refractivity contribution in [1.82, 2.24) is 9.97 Å². The molecule has 0 spiro atoms. The first-order chi connectivity index (χ1) is 8.98. The van der Waals surface area contributed by atoms with Gasteiger partial charge in [0.25, 0.3) is 10.1 Å². The van der Waals surface area contributed by atoms with E-state index in [0.717, 1.165) is 0 Å². The Bertz CT molecular complexity index is 442. The summed E-state index contributed by atoms with van der Waals surface area (Å²) >= 11 is 0. The van der Waals surface area contributed by atoms with Gasteiger partial charge in [0.2, 0.25) is 0 Å². The summed E-state index contributed by atoms with van der Waals surface area (Å²) in [6, 6.07) is 9.60. The van der Waals surface area contributed by atoms with E-state index in [9.17, 15) is 8.42 Å². The molecule has 0 radical (unpaired) electrons. The van der Waals surface area contributed by atoms with Gasteiger partial charge in [0.05, 0.1) is 0 Å². The van der Waals surface area contributed by atoms with Crippen LogP contribution in [0.2, 0.25) is 0 Å². The molecule has 2 rings (SSSR count). The zero-order chi connectivity index (χ0) is 14.6. The Morgan fingerprint density at radius 1 is 1.11 bits per heavy atom. The molecule has 2 aromatic heterocycles. The molecule has 0 aromatic carbocycles. The van der Waals surface area contributed by atoms with Gasteiger partial charge in [-0.3, -0.25) is 9.54 Å². The predicted octanol–water partition coefficient (Wildman–Crippen LogP) is 1.70. The molecule has 6 nitrogen and oxygen atoms in total. The summed E-state index contributed by atoms with van der Waals surface area (Å²) in [5.74, 6) is 0. The largest absolute Gasteiger partial charge is 0.375 e. The number of rotatable bonds is 2. The van der Waals surface area contributed by atoms with Crippen LogP contribution in [0.1, 0.15) is 13.3 Å². The molecule has 0 aliphatic heterocycles. The van der Waals surface area contributed by atoms with E-state index in [0.29, 0.717) is 0 Å². The standard InChI is InChI=1S/C5H5N.C4H5N.C3H8O4S/c1-2-4-6-5-3-1;1-2-4-5-3-1;1-2-3(4)8(5,6)7/h1-5H;1-5H;3-4H,2H2,1H3,(H,5,6,7). The van der Waals surface area contributed by atoms with Crippen LogP contribution < -0.4 is 0 Å². The average Bonchev–Trinajstić information content (AvgIpc) is 2.98. The Balaban J connectivity index is 0.000000262. The predicted molar refractivity (Wildman–Crippen MR) is 72.9 cm³/mol. The van der Waals surface area contributed by atoms with Gasteiger partial charge in [-0.2, -0.15) is 8.42 Å². The van der Waals surface area contributed by atoms with E-state index in [4.69, 9.17) is 9.66 Å². The molecule has 0 aliphatic rings. The summed E-state index contributed by atoms with van der Waals surface area (Å²) in [6.07, 6.45) is 7.26. The molecule has 0 saturated heterocycles. The molecule has 0 amide bonds. The maximum Gasteiger partial charge on any atom is 0.291 e. The molecule has 7 heteroatoms. The number of pyridine rings is 1. The minimum atomic E-state index is -4.20. The van der Waals surface area contributed by atoms with Crippen LogP contribution in [-0.2, 0) is 10.1 Å². The molecular weight excluding hydrogens is 268 g/mol. The number of H-pyrrole nitrogens is 1. The van der Waals surface area contributed by atoms with Crippen LogP contribution in [0.25, 0.3) is 0 Å². The number of nitrogens with one attached hydrogen (secondary N) is 1. The molecular formula is C12H18N2O4S. The van der Waals surface area contributed by atoms with Crippen molar-refractivity contribution in [1.29, 1.82) is 0 Å². The van der Waals surface area contributed by atoms with Gasteiger partial charge in [0.15, 0.2) is 5.44 Å². The minimum Gasteiger partial charge on any atom is -0.375 e. The molecule has 0 saturated carbocycles. The Labute approximate surface area is 112 Å². The lowest BCUT2D eigenvalue weighted by Crippen LogP contribution is -2.17. The van der Waals surface area contributed by atoms with Crippen LogP contribution in [0.15, 0.2) is 55.1 Å². The van der Waals surface area contributed by atoms with E-state index in [1.165, 1.54) is 6.92 Å². The Morgan fingerprint density at radius 2 is 1.63 bits per heavy atom. The van der Waals surface area contributed by atoms with Gasteiger partial charge >= 0.3 is 0 Å². The second-order valence-electron chi connectivity index (χ2n) is 3.29. The van der Waals surface area contributed by atoms with Crippen molar-refractivity contribution >= 4 is 10.1 Å². The molecule has 3 N–H and O–H groups in total. The number of hydrogen-bond acceptors (Lipinski definition) is 4. The summed E-state index contributed by atoms with van der Waals surface area (Å²) in [7, 11) is -4.20. The first kappa shape index (κ1) is 17.3. The molecule has 0 fully saturated rings. The second-order valence-corrected chi connectivity index (χ2v) is 4.86. The topological polar surface area (TPSA) is 103 Å². The van der Waals surface area contributed by atoms with Gasteiger partial charge in [0, 0.05) is 24.8 Å². The SMILES string of the molecule is CCC(O)S(=O)(=O)O.c1cc[nH]c1.c1ccncc1. The summed E-state index contributed by atoms with van der Waals surface area (Å²) < 4.78 is 27.7. The Morgan fingerprint density at radius 3 is 1.74 bits per heavy atom. The molecule has 19 heavy (non-hydrogen) atoms. The Kier molecular flexibility index (Phi) is 9.33. The fourth-order valence-electron chi connectivity index (χ4n) is 0.801. The highest BCUT2D eigenvalue weighted by Crippen LogP contribution is 1.96. The van der Waals surface area contributed by atoms with Crippen LogP contribution in [0.5, 0.6) is 0 Å². The van der Waals surface area contributed by atoms with Crippen molar-refractivity contribution < 1.29 is 18.1 Å². The summed E-state index contributed by atoms with van der Waals surface area (Å²) in [4.78, 5) is 6.65. The van der Waals surface area contributed by atoms with Crippen molar-refractivity contribution in [3.8, 4) is 0 Å². The van der Waals surface area contributed by atoms with Crippen molar-refractivity contribution in [2.45, 2.75) is 18.8 Å². The highest BCUT2D eigenvalue weighted by Gasteiger charge is 2.15. The normalized spacial score (nSPS) is 11.3. The summed E-state index contributed by atoms with van der Waals surface area (Å²) in [5.41, 5.74) is -1.62. The summed E-state index contributed by atoms with van der Waals surface area (Å²) in [6.45, 7) is 1.46. The zero-order valence-corrected chi connectivity index (χ0v) is 11.4. The van der Waals surface area contributed by atoms with Gasteiger partial charge < -0.3 is 10.1 Å². The first-order valence-electron chi connectivity index (χ1n) is 5.55. The second kappa shape index (κ2) is 10.2. The number of aliphatic hydroxyl groups excluding tert-OH is 1. The number of aromatic nitrogens is 2. The van der Waals surface area contributed by atoms with Crippen LogP contribution in [0.3, 0.4) is 0 Å². The quantitative estimate of drug-likeness (QED) is 0.729. The van der Waals surface area contributed by atoms with E-state index in [1.54, 1.807) is 12.4 Å². The van der Waals surface area contributed by atoms with Crippen LogP contribution in [0.4, 0.5) is 0 Å².